The van der Waals surface area contributed by atoms with Crippen LogP contribution >= 0.6 is 0 Å². The number of hydrogen-bond acceptors (Lipinski definition) is 12. The van der Waals surface area contributed by atoms with Crippen molar-refractivity contribution in [2.24, 2.45) is 17.6 Å². The Bertz CT molecular complexity index is 1050. The van der Waals surface area contributed by atoms with E-state index >= 15 is 0 Å². The fourth-order valence-electron chi connectivity index (χ4n) is 7.53. The molecule has 46 heavy (non-hydrogen) atoms. The van der Waals surface area contributed by atoms with Gasteiger partial charge in [-0.25, -0.2) is 4.79 Å². The van der Waals surface area contributed by atoms with Crippen molar-refractivity contribution in [1.29, 1.82) is 0 Å². The molecule has 3 aliphatic heterocycles. The summed E-state index contributed by atoms with van der Waals surface area (Å²) < 4.78 is 30.8. The highest BCUT2D eigenvalue weighted by atomic mass is 16.7. The van der Waals surface area contributed by atoms with Crippen molar-refractivity contribution in [1.82, 2.24) is 15.1 Å². The van der Waals surface area contributed by atoms with Crippen LogP contribution in [0.15, 0.2) is 0 Å². The maximum Gasteiger partial charge on any atom is 0.410 e. The number of Topliss-reactive ketones (excluding diaryl/α,β-unsaturated/α-hetero) is 1. The molecule has 3 saturated heterocycles. The number of aliphatic hydroxyl groups is 1. The third-order valence-corrected chi connectivity index (χ3v) is 10.5. The zero-order valence-electron chi connectivity index (χ0n) is 29.6. The van der Waals surface area contributed by atoms with E-state index in [4.69, 9.17) is 29.4 Å². The molecule has 0 aromatic heterocycles. The first kappa shape index (κ1) is 38.6. The van der Waals surface area contributed by atoms with Gasteiger partial charge in [0.1, 0.15) is 18.1 Å². The van der Waals surface area contributed by atoms with Gasteiger partial charge in [-0.3, -0.25) is 14.5 Å². The molecule has 13 heteroatoms. The fourth-order valence-corrected chi connectivity index (χ4v) is 7.53. The zero-order chi connectivity index (χ0) is 34.6. The number of methoxy groups -OCH3 is 1. The molecule has 3 fully saturated rings. The smallest absolute Gasteiger partial charge is 0.410 e. The number of unbranched alkanes of at least 4 members (excludes halogenated alkanes) is 1. The van der Waals surface area contributed by atoms with E-state index in [9.17, 15) is 19.5 Å². The number of cyclic esters (lactones) is 1. The van der Waals surface area contributed by atoms with Crippen molar-refractivity contribution in [3.8, 4) is 0 Å². The van der Waals surface area contributed by atoms with Crippen LogP contribution in [0.5, 0.6) is 0 Å². The monoisotopic (exact) mass is 656 g/mol. The summed E-state index contributed by atoms with van der Waals surface area (Å²) in [5, 5.41) is 14.9. The van der Waals surface area contributed by atoms with Crippen molar-refractivity contribution >= 4 is 17.8 Å². The Balaban J connectivity index is 2.02. The summed E-state index contributed by atoms with van der Waals surface area (Å²) in [7, 11) is 5.35. The van der Waals surface area contributed by atoms with Crippen LogP contribution < -0.4 is 11.1 Å². The van der Waals surface area contributed by atoms with Gasteiger partial charge in [-0.05, 0) is 93.9 Å². The summed E-state index contributed by atoms with van der Waals surface area (Å²) in [6.45, 7) is 14.1. The number of nitrogens with one attached hydrogen (secondary N) is 1. The molecule has 0 radical (unpaired) electrons. The van der Waals surface area contributed by atoms with E-state index in [1.807, 2.05) is 46.7 Å². The Morgan fingerprint density at radius 1 is 1.13 bits per heavy atom. The number of nitrogens with two attached hydrogens (primary N) is 1. The molecule has 0 aliphatic carbocycles. The summed E-state index contributed by atoms with van der Waals surface area (Å²) in [6.07, 6.45) is -1.48. The van der Waals surface area contributed by atoms with Gasteiger partial charge in [0.25, 0.3) is 0 Å². The van der Waals surface area contributed by atoms with Crippen LogP contribution in [-0.4, -0.2) is 134 Å². The molecule has 4 N–H and O–H groups in total. The van der Waals surface area contributed by atoms with E-state index < -0.39 is 65.7 Å². The molecule has 0 aromatic carbocycles. The molecule has 13 nitrogen and oxygen atoms in total. The van der Waals surface area contributed by atoms with Crippen molar-refractivity contribution in [3.05, 3.63) is 0 Å². The molecule has 12 atom stereocenters. The van der Waals surface area contributed by atoms with Crippen molar-refractivity contribution in [2.45, 2.75) is 141 Å². The van der Waals surface area contributed by atoms with Crippen LogP contribution in [0.2, 0.25) is 0 Å². The molecule has 2 unspecified atom stereocenters. The van der Waals surface area contributed by atoms with Gasteiger partial charge in [0.15, 0.2) is 17.7 Å². The molecular formula is C33H60N4O9. The number of fused-ring (bicyclic) bond motifs is 1. The third-order valence-electron chi connectivity index (χ3n) is 10.5. The summed E-state index contributed by atoms with van der Waals surface area (Å²) >= 11 is 0. The number of ether oxygens (including phenoxy) is 5. The molecular weight excluding hydrogens is 596 g/mol. The minimum absolute atomic E-state index is 0.194. The van der Waals surface area contributed by atoms with E-state index in [-0.39, 0.29) is 24.0 Å². The van der Waals surface area contributed by atoms with Gasteiger partial charge in [-0.2, -0.15) is 0 Å². The predicted octanol–water partition coefficient (Wildman–Crippen LogP) is 2.07. The first-order valence-corrected chi connectivity index (χ1v) is 16.9. The van der Waals surface area contributed by atoms with E-state index in [1.54, 1.807) is 25.9 Å². The second-order valence-electron chi connectivity index (χ2n) is 14.1. The number of esters is 1. The van der Waals surface area contributed by atoms with E-state index in [1.165, 1.54) is 6.92 Å². The van der Waals surface area contributed by atoms with Crippen LogP contribution in [0.1, 0.15) is 80.6 Å². The first-order valence-electron chi connectivity index (χ1n) is 16.9. The SMILES string of the molecule is CC[C@H]1OC(=O)[C@H](C)C(=O)[C@H](C)[C@@H](O[C@@H]2O[C@H](C)CC(N(C)C)C2O)[C@](C)(OC)CCN[C@H](C)[C@H]2N(CCCCN)C(=O)O[C@]12C. The Hall–Kier alpha value is -1.87. The molecule has 0 spiro atoms. The lowest BCUT2D eigenvalue weighted by atomic mass is 9.80. The van der Waals surface area contributed by atoms with Crippen LogP contribution in [0, 0.1) is 11.8 Å². The highest BCUT2D eigenvalue weighted by molar-refractivity contribution is 6.00. The highest BCUT2D eigenvalue weighted by Crippen LogP contribution is 2.39. The fraction of sp³-hybridized carbons (Fsp3) is 0.909. The molecule has 1 amide bonds. The number of carbonyl (C=O) groups is 3. The van der Waals surface area contributed by atoms with Crippen LogP contribution in [0.3, 0.4) is 0 Å². The lowest BCUT2D eigenvalue weighted by molar-refractivity contribution is -0.294. The number of nitrogens with zero attached hydrogens (tertiary/aromatic N) is 2. The van der Waals surface area contributed by atoms with Crippen LogP contribution in [0.4, 0.5) is 4.79 Å². The lowest BCUT2D eigenvalue weighted by Gasteiger charge is -2.46. The molecule has 3 rings (SSSR count). The maximum atomic E-state index is 14.0. The van der Waals surface area contributed by atoms with Crippen molar-refractivity contribution in [2.75, 3.05) is 40.8 Å². The highest BCUT2D eigenvalue weighted by Gasteiger charge is 2.58. The van der Waals surface area contributed by atoms with Gasteiger partial charge in [0, 0.05) is 31.7 Å². The summed E-state index contributed by atoms with van der Waals surface area (Å²) in [5.74, 6) is -3.06. The second kappa shape index (κ2) is 16.0. The van der Waals surface area contributed by atoms with Gasteiger partial charge in [0.2, 0.25) is 0 Å². The van der Waals surface area contributed by atoms with Crippen LogP contribution in [-0.2, 0) is 33.3 Å². The molecule has 3 heterocycles. The number of ketones is 1. The summed E-state index contributed by atoms with van der Waals surface area (Å²) in [5.41, 5.74) is 3.53. The molecule has 3 aliphatic rings. The van der Waals surface area contributed by atoms with Crippen molar-refractivity contribution in [3.63, 3.8) is 0 Å². The minimum Gasteiger partial charge on any atom is -0.458 e. The van der Waals surface area contributed by atoms with Gasteiger partial charge in [-0.15, -0.1) is 0 Å². The topological polar surface area (TPSA) is 162 Å². The zero-order valence-corrected chi connectivity index (χ0v) is 29.6. The number of carbonyl (C=O) groups excluding carboxylic acids is 3. The van der Waals surface area contributed by atoms with Gasteiger partial charge < -0.3 is 44.7 Å². The number of amides is 1. The number of hydrogen-bond donors (Lipinski definition) is 3. The summed E-state index contributed by atoms with van der Waals surface area (Å²) in [6, 6.07) is -0.959. The molecule has 266 valence electrons. The standard InChI is InChI=1S/C33H60N4O9/c1-11-24-33(7)27(37(31(41)46-33)17-13-12-15-34)22(5)35-16-14-32(6,42-10)28(20(3)25(38)21(4)29(40)44-24)45-30-26(39)23(36(8)9)18-19(2)43-30/h19-24,26-28,30,35,39H,11-18,34H2,1-10H3/t19-,20+,21-,22-,23?,24-,26?,27-,28-,30+,32-,33-/m1/s1. The van der Waals surface area contributed by atoms with E-state index in [0.29, 0.717) is 45.3 Å². The third kappa shape index (κ3) is 8.04. The quantitative estimate of drug-likeness (QED) is 0.189. The average molecular weight is 657 g/mol. The largest absolute Gasteiger partial charge is 0.458 e. The Morgan fingerprint density at radius 3 is 2.39 bits per heavy atom. The Labute approximate surface area is 275 Å². The van der Waals surface area contributed by atoms with E-state index in [0.717, 1.165) is 6.42 Å². The molecule has 0 saturated carbocycles. The van der Waals surface area contributed by atoms with Crippen LogP contribution in [0.25, 0.3) is 0 Å². The number of aliphatic hydroxyl groups excluding tert-OH is 1. The number of likely N-dealkylation sites (N-methyl/N-ethyl adjacent to an activating group) is 1. The molecule has 0 bridgehead atoms. The minimum atomic E-state index is -1.17. The normalized spacial score (nSPS) is 41.6. The second-order valence-corrected chi connectivity index (χ2v) is 14.1. The Morgan fingerprint density at radius 2 is 1.80 bits per heavy atom. The molecule has 0 aromatic rings. The first-order chi connectivity index (χ1) is 21.6. The average Bonchev–Trinajstić information content (AvgIpc) is 3.27. The summed E-state index contributed by atoms with van der Waals surface area (Å²) in [4.78, 5) is 44.7. The predicted molar refractivity (Wildman–Crippen MR) is 172 cm³/mol. The maximum absolute atomic E-state index is 14.0. The van der Waals surface area contributed by atoms with Gasteiger partial charge >= 0.3 is 12.1 Å². The lowest BCUT2D eigenvalue weighted by Crippen LogP contribution is -2.62. The Kier molecular flexibility index (Phi) is 13.4. The van der Waals surface area contributed by atoms with Crippen molar-refractivity contribution < 1.29 is 43.2 Å². The number of rotatable bonds is 9. The van der Waals surface area contributed by atoms with Gasteiger partial charge in [0.05, 0.1) is 23.9 Å². The van der Waals surface area contributed by atoms with E-state index in [2.05, 4.69) is 5.32 Å². The van der Waals surface area contributed by atoms with Gasteiger partial charge in [-0.1, -0.05) is 13.8 Å².